The molecule has 0 saturated carbocycles. The molecular formula is C19H25N3O3. The fourth-order valence-electron chi connectivity index (χ4n) is 3.37. The van der Waals surface area contributed by atoms with Gasteiger partial charge in [-0.25, -0.2) is 0 Å². The van der Waals surface area contributed by atoms with Crippen LogP contribution >= 0.6 is 0 Å². The molecule has 6 heteroatoms. The van der Waals surface area contributed by atoms with Gasteiger partial charge in [-0.2, -0.15) is 5.10 Å². The topological polar surface area (TPSA) is 56.6 Å². The quantitative estimate of drug-likeness (QED) is 0.806. The van der Waals surface area contributed by atoms with Crippen LogP contribution in [0.1, 0.15) is 28.0 Å². The molecule has 25 heavy (non-hydrogen) atoms. The van der Waals surface area contributed by atoms with Crippen LogP contribution in [0.5, 0.6) is 0 Å². The van der Waals surface area contributed by atoms with Crippen molar-refractivity contribution in [2.24, 2.45) is 0 Å². The zero-order valence-corrected chi connectivity index (χ0v) is 15.0. The highest BCUT2D eigenvalue weighted by Crippen LogP contribution is 2.24. The second-order valence-corrected chi connectivity index (χ2v) is 6.45. The summed E-state index contributed by atoms with van der Waals surface area (Å²) in [7, 11) is 3.34. The van der Waals surface area contributed by atoms with Crippen molar-refractivity contribution in [2.45, 2.75) is 32.0 Å². The monoisotopic (exact) mass is 343 g/mol. The average molecular weight is 343 g/mol. The van der Waals surface area contributed by atoms with E-state index in [1.165, 1.54) is 0 Å². The Balaban J connectivity index is 1.78. The highest BCUT2D eigenvalue weighted by Gasteiger charge is 2.36. The standard InChI is InChI=1S/C19H25N3O3/c1-14-18(10-20-22(14)11-15-7-5-4-6-8-15)19(23)21-12-17(25-3)9-16(21)13-24-2/h4-8,10,16-17H,9,11-13H2,1-3H3/t16-,17-/m0/s1. The van der Waals surface area contributed by atoms with E-state index in [2.05, 4.69) is 17.2 Å². The molecule has 1 aliphatic heterocycles. The number of hydrogen-bond acceptors (Lipinski definition) is 4. The van der Waals surface area contributed by atoms with Gasteiger partial charge in [0.1, 0.15) is 0 Å². The van der Waals surface area contributed by atoms with Gasteiger partial charge in [0.2, 0.25) is 0 Å². The molecule has 0 N–H and O–H groups in total. The molecule has 1 amide bonds. The molecule has 1 saturated heterocycles. The van der Waals surface area contributed by atoms with E-state index < -0.39 is 0 Å². The summed E-state index contributed by atoms with van der Waals surface area (Å²) in [6.45, 7) is 3.70. The lowest BCUT2D eigenvalue weighted by Crippen LogP contribution is -2.38. The van der Waals surface area contributed by atoms with E-state index in [-0.39, 0.29) is 18.1 Å². The molecule has 2 atom stereocenters. The van der Waals surface area contributed by atoms with E-state index in [0.29, 0.717) is 25.3 Å². The molecule has 1 fully saturated rings. The van der Waals surface area contributed by atoms with Gasteiger partial charge in [0, 0.05) is 26.5 Å². The van der Waals surface area contributed by atoms with Crippen molar-refractivity contribution in [3.8, 4) is 0 Å². The lowest BCUT2D eigenvalue weighted by Gasteiger charge is -2.23. The Labute approximate surface area is 148 Å². The second-order valence-electron chi connectivity index (χ2n) is 6.45. The molecule has 3 rings (SSSR count). The molecule has 1 aromatic carbocycles. The number of likely N-dealkylation sites (tertiary alicyclic amines) is 1. The van der Waals surface area contributed by atoms with Crippen molar-refractivity contribution in [1.82, 2.24) is 14.7 Å². The fourth-order valence-corrected chi connectivity index (χ4v) is 3.37. The Kier molecular flexibility index (Phi) is 5.50. The number of benzene rings is 1. The lowest BCUT2D eigenvalue weighted by atomic mass is 10.2. The molecule has 2 heterocycles. The average Bonchev–Trinajstić information content (AvgIpc) is 3.20. The summed E-state index contributed by atoms with van der Waals surface area (Å²) in [5.41, 5.74) is 2.69. The normalized spacial score (nSPS) is 20.2. The van der Waals surface area contributed by atoms with Crippen LogP contribution < -0.4 is 0 Å². The predicted octanol–water partition coefficient (Wildman–Crippen LogP) is 2.12. The van der Waals surface area contributed by atoms with Gasteiger partial charge in [-0.1, -0.05) is 30.3 Å². The van der Waals surface area contributed by atoms with E-state index in [0.717, 1.165) is 17.7 Å². The SMILES string of the molecule is COC[C@@H]1C[C@H](OC)CN1C(=O)c1cnn(Cc2ccccc2)c1C. The number of rotatable bonds is 6. The van der Waals surface area contributed by atoms with Gasteiger partial charge in [-0.05, 0) is 18.9 Å². The predicted molar refractivity (Wildman–Crippen MR) is 94.6 cm³/mol. The number of hydrogen-bond donors (Lipinski definition) is 0. The van der Waals surface area contributed by atoms with E-state index in [4.69, 9.17) is 9.47 Å². The fraction of sp³-hybridized carbons (Fsp3) is 0.474. The van der Waals surface area contributed by atoms with Crippen LogP contribution in [-0.4, -0.2) is 60.1 Å². The van der Waals surface area contributed by atoms with Crippen LogP contribution in [0.15, 0.2) is 36.5 Å². The van der Waals surface area contributed by atoms with Gasteiger partial charge in [0.25, 0.3) is 5.91 Å². The molecule has 0 radical (unpaired) electrons. The maximum atomic E-state index is 13.0. The Morgan fingerprint density at radius 3 is 2.72 bits per heavy atom. The largest absolute Gasteiger partial charge is 0.383 e. The third kappa shape index (κ3) is 3.75. The van der Waals surface area contributed by atoms with E-state index >= 15 is 0 Å². The van der Waals surface area contributed by atoms with Gasteiger partial charge in [-0.15, -0.1) is 0 Å². The van der Waals surface area contributed by atoms with Crippen LogP contribution in [0.3, 0.4) is 0 Å². The first kappa shape index (κ1) is 17.6. The maximum Gasteiger partial charge on any atom is 0.257 e. The van der Waals surface area contributed by atoms with Crippen molar-refractivity contribution >= 4 is 5.91 Å². The summed E-state index contributed by atoms with van der Waals surface area (Å²) in [5.74, 6) is -0.00147. The number of aromatic nitrogens is 2. The molecule has 6 nitrogen and oxygen atoms in total. The van der Waals surface area contributed by atoms with Gasteiger partial charge < -0.3 is 14.4 Å². The molecule has 134 valence electrons. The molecule has 0 spiro atoms. The third-order valence-corrected chi connectivity index (χ3v) is 4.84. The molecule has 0 unspecified atom stereocenters. The molecule has 2 aromatic rings. The number of carbonyl (C=O) groups excluding carboxylic acids is 1. The summed E-state index contributed by atoms with van der Waals surface area (Å²) < 4.78 is 12.6. The molecule has 0 bridgehead atoms. The first-order valence-electron chi connectivity index (χ1n) is 8.53. The highest BCUT2D eigenvalue weighted by atomic mass is 16.5. The van der Waals surface area contributed by atoms with Gasteiger partial charge in [0.05, 0.1) is 37.1 Å². The van der Waals surface area contributed by atoms with Crippen LogP contribution in [0.25, 0.3) is 0 Å². The second kappa shape index (κ2) is 7.80. The minimum Gasteiger partial charge on any atom is -0.383 e. The van der Waals surface area contributed by atoms with Crippen molar-refractivity contribution in [3.05, 3.63) is 53.3 Å². The Bertz CT molecular complexity index is 714. The zero-order valence-electron chi connectivity index (χ0n) is 15.0. The number of methoxy groups -OCH3 is 2. The molecule has 0 aliphatic carbocycles. The van der Waals surface area contributed by atoms with E-state index in [1.807, 2.05) is 34.7 Å². The summed E-state index contributed by atoms with van der Waals surface area (Å²) in [6.07, 6.45) is 2.53. The Hall–Kier alpha value is -2.18. The van der Waals surface area contributed by atoms with Crippen molar-refractivity contribution in [3.63, 3.8) is 0 Å². The van der Waals surface area contributed by atoms with Crippen molar-refractivity contribution in [2.75, 3.05) is 27.4 Å². The summed E-state index contributed by atoms with van der Waals surface area (Å²) in [5, 5.41) is 4.42. The minimum absolute atomic E-state index is 0.00147. The van der Waals surface area contributed by atoms with Gasteiger partial charge >= 0.3 is 0 Å². The van der Waals surface area contributed by atoms with Crippen molar-refractivity contribution in [1.29, 1.82) is 0 Å². The molecule has 1 aromatic heterocycles. The lowest BCUT2D eigenvalue weighted by molar-refractivity contribution is 0.0611. The van der Waals surface area contributed by atoms with Crippen LogP contribution in [0.2, 0.25) is 0 Å². The summed E-state index contributed by atoms with van der Waals surface area (Å²) >= 11 is 0. The smallest absolute Gasteiger partial charge is 0.257 e. The first-order chi connectivity index (χ1) is 12.1. The van der Waals surface area contributed by atoms with Crippen LogP contribution in [0.4, 0.5) is 0 Å². The van der Waals surface area contributed by atoms with Gasteiger partial charge in [-0.3, -0.25) is 9.48 Å². The number of carbonyl (C=O) groups is 1. The minimum atomic E-state index is -0.00147. The highest BCUT2D eigenvalue weighted by molar-refractivity contribution is 5.95. The Morgan fingerprint density at radius 1 is 1.28 bits per heavy atom. The summed E-state index contributed by atoms with van der Waals surface area (Å²) in [4.78, 5) is 14.9. The van der Waals surface area contributed by atoms with E-state index in [1.54, 1.807) is 20.4 Å². The van der Waals surface area contributed by atoms with Crippen LogP contribution in [-0.2, 0) is 16.0 Å². The first-order valence-corrected chi connectivity index (χ1v) is 8.53. The van der Waals surface area contributed by atoms with Gasteiger partial charge in [0.15, 0.2) is 0 Å². The number of ether oxygens (including phenoxy) is 2. The summed E-state index contributed by atoms with van der Waals surface area (Å²) in [6, 6.07) is 10.2. The zero-order chi connectivity index (χ0) is 17.8. The third-order valence-electron chi connectivity index (χ3n) is 4.84. The molecular weight excluding hydrogens is 318 g/mol. The number of amides is 1. The van der Waals surface area contributed by atoms with E-state index in [9.17, 15) is 4.79 Å². The molecule has 1 aliphatic rings. The number of nitrogens with zero attached hydrogens (tertiary/aromatic N) is 3. The maximum absolute atomic E-state index is 13.0. The van der Waals surface area contributed by atoms with Crippen LogP contribution in [0, 0.1) is 6.92 Å². The Morgan fingerprint density at radius 2 is 2.04 bits per heavy atom. The van der Waals surface area contributed by atoms with Crippen molar-refractivity contribution < 1.29 is 14.3 Å².